The fourth-order valence-electron chi connectivity index (χ4n) is 1.56. The number of methoxy groups -OCH3 is 1. The van der Waals surface area contributed by atoms with E-state index >= 15 is 0 Å². The van der Waals surface area contributed by atoms with Crippen molar-refractivity contribution in [3.63, 3.8) is 0 Å². The first kappa shape index (κ1) is 13.4. The highest BCUT2D eigenvalue weighted by Crippen LogP contribution is 2.32. The summed E-state index contributed by atoms with van der Waals surface area (Å²) in [5.41, 5.74) is 5.59. The molecule has 1 unspecified atom stereocenters. The Hall–Kier alpha value is -0.650. The first-order chi connectivity index (χ1) is 7.77. The zero-order chi connectivity index (χ0) is 11.8. The number of nitrogens with two attached hydrogens (primary N) is 1. The van der Waals surface area contributed by atoms with Gasteiger partial charge in [-0.3, -0.25) is 4.79 Å². The molecule has 1 rings (SSSR count). The minimum atomic E-state index is 0.0276. The number of ether oxygens (including phenoxy) is 2. The molecule has 0 aromatic heterocycles. The Kier molecular flexibility index (Phi) is 6.37. The van der Waals surface area contributed by atoms with Crippen LogP contribution in [0.15, 0.2) is 0 Å². The van der Waals surface area contributed by atoms with E-state index in [1.807, 2.05) is 0 Å². The van der Waals surface area contributed by atoms with Crippen LogP contribution in [-0.2, 0) is 14.3 Å². The second-order valence-electron chi connectivity index (χ2n) is 4.10. The second-order valence-corrected chi connectivity index (χ2v) is 4.10. The van der Waals surface area contributed by atoms with Crippen molar-refractivity contribution in [2.45, 2.75) is 25.3 Å². The van der Waals surface area contributed by atoms with Crippen LogP contribution in [-0.4, -0.2) is 45.4 Å². The molecular weight excluding hydrogens is 208 g/mol. The Labute approximate surface area is 96.7 Å². The first-order valence-corrected chi connectivity index (χ1v) is 5.84. The van der Waals surface area contributed by atoms with Crippen LogP contribution in [0.25, 0.3) is 0 Å². The van der Waals surface area contributed by atoms with Gasteiger partial charge in [0.25, 0.3) is 0 Å². The van der Waals surface area contributed by atoms with Crippen LogP contribution in [0.1, 0.15) is 19.3 Å². The summed E-state index contributed by atoms with van der Waals surface area (Å²) < 4.78 is 10.0. The van der Waals surface area contributed by atoms with Crippen molar-refractivity contribution in [1.82, 2.24) is 5.32 Å². The van der Waals surface area contributed by atoms with Crippen molar-refractivity contribution >= 4 is 5.91 Å². The molecule has 0 aromatic carbocycles. The fraction of sp³-hybridized carbons (Fsp3) is 0.909. The van der Waals surface area contributed by atoms with Crippen LogP contribution >= 0.6 is 0 Å². The van der Waals surface area contributed by atoms with Gasteiger partial charge in [-0.25, -0.2) is 0 Å². The first-order valence-electron chi connectivity index (χ1n) is 5.84. The summed E-state index contributed by atoms with van der Waals surface area (Å²) in [6.07, 6.45) is 2.77. The molecule has 0 bridgehead atoms. The lowest BCUT2D eigenvalue weighted by Gasteiger charge is -2.15. The van der Waals surface area contributed by atoms with E-state index in [1.165, 1.54) is 12.8 Å². The van der Waals surface area contributed by atoms with Crippen LogP contribution in [0.4, 0.5) is 0 Å². The molecule has 0 aliphatic heterocycles. The van der Waals surface area contributed by atoms with Crippen LogP contribution in [0.5, 0.6) is 0 Å². The maximum atomic E-state index is 11.5. The van der Waals surface area contributed by atoms with Gasteiger partial charge in [-0.1, -0.05) is 0 Å². The van der Waals surface area contributed by atoms with Crippen molar-refractivity contribution < 1.29 is 14.3 Å². The lowest BCUT2D eigenvalue weighted by Crippen LogP contribution is -2.42. The summed E-state index contributed by atoms with van der Waals surface area (Å²) in [6, 6.07) is 0.159. The van der Waals surface area contributed by atoms with Crippen molar-refractivity contribution in [2.75, 3.05) is 33.5 Å². The minimum Gasteiger partial charge on any atom is -0.382 e. The minimum absolute atomic E-state index is 0.0276. The maximum Gasteiger partial charge on any atom is 0.222 e. The van der Waals surface area contributed by atoms with Gasteiger partial charge in [-0.05, 0) is 18.8 Å². The molecule has 1 aliphatic rings. The summed E-state index contributed by atoms with van der Waals surface area (Å²) in [5, 5.41) is 2.94. The summed E-state index contributed by atoms with van der Waals surface area (Å²) in [6.45, 7) is 2.07. The van der Waals surface area contributed by atoms with Gasteiger partial charge in [-0.15, -0.1) is 0 Å². The summed E-state index contributed by atoms with van der Waals surface area (Å²) in [5.74, 6) is 0.628. The lowest BCUT2D eigenvalue weighted by atomic mass is 10.2. The van der Waals surface area contributed by atoms with E-state index in [0.29, 0.717) is 38.7 Å². The van der Waals surface area contributed by atoms with E-state index < -0.39 is 0 Å². The summed E-state index contributed by atoms with van der Waals surface area (Å²) in [7, 11) is 1.62. The SMILES string of the molecule is COCCOCCC(=O)NC(CN)C1CC1. The molecule has 94 valence electrons. The molecule has 0 radical (unpaired) electrons. The van der Waals surface area contributed by atoms with Crippen molar-refractivity contribution in [1.29, 1.82) is 0 Å². The van der Waals surface area contributed by atoms with E-state index in [1.54, 1.807) is 7.11 Å². The number of rotatable bonds is 9. The van der Waals surface area contributed by atoms with E-state index in [-0.39, 0.29) is 11.9 Å². The quantitative estimate of drug-likeness (QED) is 0.542. The normalized spacial score (nSPS) is 17.1. The maximum absolute atomic E-state index is 11.5. The third-order valence-electron chi connectivity index (χ3n) is 2.70. The average Bonchev–Trinajstić information content (AvgIpc) is 3.09. The number of amides is 1. The number of carbonyl (C=O) groups is 1. The zero-order valence-corrected chi connectivity index (χ0v) is 9.91. The van der Waals surface area contributed by atoms with Gasteiger partial charge in [0.2, 0.25) is 5.91 Å². The molecular formula is C11H22N2O3. The Balaban J connectivity index is 2.01. The second kappa shape index (κ2) is 7.60. The molecule has 0 aromatic rings. The monoisotopic (exact) mass is 230 g/mol. The largest absolute Gasteiger partial charge is 0.382 e. The van der Waals surface area contributed by atoms with Crippen molar-refractivity contribution in [3.8, 4) is 0 Å². The van der Waals surface area contributed by atoms with Crippen LogP contribution < -0.4 is 11.1 Å². The topological polar surface area (TPSA) is 73.6 Å². The molecule has 1 atom stereocenters. The summed E-state index contributed by atoms with van der Waals surface area (Å²) >= 11 is 0. The average molecular weight is 230 g/mol. The summed E-state index contributed by atoms with van der Waals surface area (Å²) in [4.78, 5) is 11.5. The van der Waals surface area contributed by atoms with Gasteiger partial charge < -0.3 is 20.5 Å². The molecule has 0 saturated heterocycles. The Morgan fingerprint density at radius 1 is 1.44 bits per heavy atom. The zero-order valence-electron chi connectivity index (χ0n) is 9.91. The number of hydrogen-bond acceptors (Lipinski definition) is 4. The van der Waals surface area contributed by atoms with Crippen molar-refractivity contribution in [3.05, 3.63) is 0 Å². The predicted octanol–water partition coefficient (Wildman–Crippen LogP) is -0.107. The molecule has 0 heterocycles. The smallest absolute Gasteiger partial charge is 0.222 e. The third kappa shape index (κ3) is 5.44. The van der Waals surface area contributed by atoms with Gasteiger partial charge >= 0.3 is 0 Å². The van der Waals surface area contributed by atoms with Gasteiger partial charge in [0, 0.05) is 26.1 Å². The van der Waals surface area contributed by atoms with Crippen LogP contribution in [0.3, 0.4) is 0 Å². The van der Waals surface area contributed by atoms with E-state index in [9.17, 15) is 4.79 Å². The highest BCUT2D eigenvalue weighted by Gasteiger charge is 2.30. The third-order valence-corrected chi connectivity index (χ3v) is 2.70. The number of hydrogen-bond donors (Lipinski definition) is 2. The molecule has 16 heavy (non-hydrogen) atoms. The van der Waals surface area contributed by atoms with Gasteiger partial charge in [0.05, 0.1) is 19.8 Å². The standard InChI is InChI=1S/C11H22N2O3/c1-15-6-7-16-5-4-11(14)13-10(8-12)9-2-3-9/h9-10H,2-8,12H2,1H3,(H,13,14). The Morgan fingerprint density at radius 2 is 2.19 bits per heavy atom. The van der Waals surface area contributed by atoms with Gasteiger partial charge in [0.15, 0.2) is 0 Å². The molecule has 1 fully saturated rings. The molecule has 1 aliphatic carbocycles. The number of nitrogens with one attached hydrogen (secondary N) is 1. The molecule has 5 nitrogen and oxygen atoms in total. The molecule has 1 amide bonds. The Morgan fingerprint density at radius 3 is 2.75 bits per heavy atom. The van der Waals surface area contributed by atoms with E-state index in [4.69, 9.17) is 15.2 Å². The lowest BCUT2D eigenvalue weighted by molar-refractivity contribution is -0.123. The van der Waals surface area contributed by atoms with Gasteiger partial charge in [0.1, 0.15) is 0 Å². The Bertz CT molecular complexity index is 207. The molecule has 3 N–H and O–H groups in total. The molecule has 1 saturated carbocycles. The van der Waals surface area contributed by atoms with Crippen molar-refractivity contribution in [2.24, 2.45) is 11.7 Å². The predicted molar refractivity (Wildman–Crippen MR) is 61.0 cm³/mol. The highest BCUT2D eigenvalue weighted by atomic mass is 16.5. The highest BCUT2D eigenvalue weighted by molar-refractivity contribution is 5.76. The van der Waals surface area contributed by atoms with Crippen LogP contribution in [0.2, 0.25) is 0 Å². The van der Waals surface area contributed by atoms with E-state index in [0.717, 1.165) is 0 Å². The fourth-order valence-corrected chi connectivity index (χ4v) is 1.56. The van der Waals surface area contributed by atoms with Gasteiger partial charge in [-0.2, -0.15) is 0 Å². The van der Waals surface area contributed by atoms with Crippen LogP contribution in [0, 0.1) is 5.92 Å². The molecule has 0 spiro atoms. The number of carbonyl (C=O) groups excluding carboxylic acids is 1. The molecule has 5 heteroatoms. The van der Waals surface area contributed by atoms with E-state index in [2.05, 4.69) is 5.32 Å².